The van der Waals surface area contributed by atoms with Crippen molar-refractivity contribution in [3.8, 4) is 22.3 Å². The Morgan fingerprint density at radius 3 is 1.62 bits per heavy atom. The minimum absolute atomic E-state index is 0.00105. The molecule has 3 nitrogen and oxygen atoms in total. The number of rotatable bonds is 6. The van der Waals surface area contributed by atoms with Gasteiger partial charge in [0.05, 0.1) is 11.2 Å². The molecule has 2 unspecified atom stereocenters. The van der Waals surface area contributed by atoms with Crippen LogP contribution in [-0.2, 0) is 21.7 Å². The van der Waals surface area contributed by atoms with E-state index >= 15 is 0 Å². The molecule has 390 valence electrons. The van der Waals surface area contributed by atoms with Crippen molar-refractivity contribution in [2.45, 2.75) is 162 Å². The van der Waals surface area contributed by atoms with Gasteiger partial charge in [0.15, 0.2) is 0 Å². The average Bonchev–Trinajstić information content (AvgIpc) is 3.92. The molecule has 0 aromatic heterocycles. The summed E-state index contributed by atoms with van der Waals surface area (Å²) >= 11 is 0. The van der Waals surface area contributed by atoms with Gasteiger partial charge >= 0.3 is 0 Å². The second kappa shape index (κ2) is 18.4. The zero-order chi connectivity index (χ0) is 54.0. The van der Waals surface area contributed by atoms with Crippen LogP contribution in [0.3, 0.4) is 0 Å². The molecule has 0 N–H and O–H groups in total. The van der Waals surface area contributed by atoms with Crippen LogP contribution in [0.4, 0.5) is 45.5 Å². The summed E-state index contributed by atoms with van der Waals surface area (Å²) in [4.78, 5) is 8.14. The van der Waals surface area contributed by atoms with Crippen LogP contribution in [-0.4, -0.2) is 12.3 Å². The zero-order valence-corrected chi connectivity index (χ0v) is 48.4. The predicted molar refractivity (Wildman–Crippen MR) is 334 cm³/mol. The van der Waals surface area contributed by atoms with E-state index in [0.717, 1.165) is 6.42 Å². The number of nitrogens with zero attached hydrogens (tertiary/aromatic N) is 3. The fourth-order valence-electron chi connectivity index (χ4n) is 13.9. The van der Waals surface area contributed by atoms with Gasteiger partial charge in [-0.3, -0.25) is 0 Å². The Balaban J connectivity index is 1.17. The molecule has 3 aliphatic heterocycles. The molecule has 4 heteroatoms. The van der Waals surface area contributed by atoms with Gasteiger partial charge in [0.1, 0.15) is 0 Å². The molecule has 77 heavy (non-hydrogen) atoms. The lowest BCUT2D eigenvalue weighted by molar-refractivity contribution is 0.217. The number of anilines is 8. The van der Waals surface area contributed by atoms with Crippen LogP contribution in [0.25, 0.3) is 22.3 Å². The minimum atomic E-state index is -0.160. The highest BCUT2D eigenvalue weighted by atomic mass is 15.3. The first-order valence-electron chi connectivity index (χ1n) is 29.0. The van der Waals surface area contributed by atoms with Crippen molar-refractivity contribution in [1.82, 2.24) is 0 Å². The summed E-state index contributed by atoms with van der Waals surface area (Å²) in [6, 6.07) is 66.6. The van der Waals surface area contributed by atoms with Gasteiger partial charge in [-0.05, 0) is 163 Å². The van der Waals surface area contributed by atoms with Gasteiger partial charge in [0, 0.05) is 50.8 Å². The summed E-state index contributed by atoms with van der Waals surface area (Å²) in [5.74, 6) is 0.466. The maximum Gasteiger partial charge on any atom is 0.252 e. The van der Waals surface area contributed by atoms with E-state index in [2.05, 4.69) is 275 Å². The van der Waals surface area contributed by atoms with E-state index in [1.165, 1.54) is 144 Å². The molecule has 8 aromatic rings. The van der Waals surface area contributed by atoms with E-state index in [4.69, 9.17) is 0 Å². The molecular formula is C73H80BN3. The van der Waals surface area contributed by atoms with Crippen molar-refractivity contribution in [3.05, 3.63) is 198 Å². The molecule has 8 aromatic carbocycles. The highest BCUT2D eigenvalue weighted by Gasteiger charge is 2.57. The third kappa shape index (κ3) is 8.38. The Hall–Kier alpha value is -6.78. The zero-order valence-electron chi connectivity index (χ0n) is 48.4. The lowest BCUT2D eigenvalue weighted by atomic mass is 9.33. The summed E-state index contributed by atoms with van der Waals surface area (Å²) in [7, 11) is 0. The van der Waals surface area contributed by atoms with Crippen molar-refractivity contribution < 1.29 is 0 Å². The Kier molecular flexibility index (Phi) is 12.2. The van der Waals surface area contributed by atoms with Gasteiger partial charge in [-0.1, -0.05) is 218 Å². The molecule has 1 aliphatic carbocycles. The topological polar surface area (TPSA) is 9.72 Å². The summed E-state index contributed by atoms with van der Waals surface area (Å²) in [6.07, 6.45) is 7.46. The fraction of sp³-hybridized carbons (Fsp3) is 0.342. The Bertz CT molecular complexity index is 3550. The average molecular weight is 1010 g/mol. The molecule has 3 heterocycles. The number of hydrogen-bond acceptors (Lipinski definition) is 3. The molecule has 0 saturated heterocycles. The highest BCUT2D eigenvalue weighted by molar-refractivity contribution is 7.00. The molecule has 2 atom stereocenters. The number of hydrogen-bond donors (Lipinski definition) is 0. The third-order valence-corrected chi connectivity index (χ3v) is 18.8. The predicted octanol–water partition coefficient (Wildman–Crippen LogP) is 18.6. The van der Waals surface area contributed by atoms with E-state index in [1.807, 2.05) is 0 Å². The number of fused-ring (bicyclic) bond motifs is 7. The van der Waals surface area contributed by atoms with Gasteiger partial charge in [0.25, 0.3) is 6.71 Å². The van der Waals surface area contributed by atoms with Gasteiger partial charge in [-0.2, -0.15) is 0 Å². The smallest absolute Gasteiger partial charge is 0.252 e. The first-order valence-corrected chi connectivity index (χ1v) is 29.0. The van der Waals surface area contributed by atoms with Crippen molar-refractivity contribution >= 4 is 68.6 Å². The summed E-state index contributed by atoms with van der Waals surface area (Å²) in [6.45, 7) is 31.0. The SMILES string of the molecule is CC(C)c1ccc2c(c1)C1(C)CCCCCCC1(C)N2c1ccc2c(c1)N(c1ccc(C(C)(C)C)cc1)c1cc(C(C)(C)C)cc3c1B2c1ccc(-c2ccccc2)cc1N3c1ccc(C(C)(C)C)cc1-c1ccccc1. The minimum Gasteiger partial charge on any atom is -0.334 e. The fourth-order valence-corrected chi connectivity index (χ4v) is 13.9. The van der Waals surface area contributed by atoms with Crippen molar-refractivity contribution in [2.75, 3.05) is 14.7 Å². The van der Waals surface area contributed by atoms with E-state index in [0.29, 0.717) is 5.92 Å². The van der Waals surface area contributed by atoms with Gasteiger partial charge in [0.2, 0.25) is 0 Å². The van der Waals surface area contributed by atoms with E-state index in [-0.39, 0.29) is 33.9 Å². The highest BCUT2D eigenvalue weighted by Crippen LogP contribution is 2.61. The van der Waals surface area contributed by atoms with Gasteiger partial charge < -0.3 is 14.7 Å². The van der Waals surface area contributed by atoms with Crippen LogP contribution in [0.2, 0.25) is 0 Å². The molecule has 0 spiro atoms. The number of benzene rings is 8. The maximum atomic E-state index is 2.82. The van der Waals surface area contributed by atoms with E-state index in [1.54, 1.807) is 0 Å². The molecule has 4 aliphatic rings. The molecule has 1 saturated carbocycles. The Morgan fingerprint density at radius 2 is 0.987 bits per heavy atom. The Labute approximate surface area is 462 Å². The molecule has 0 bridgehead atoms. The van der Waals surface area contributed by atoms with Crippen molar-refractivity contribution in [1.29, 1.82) is 0 Å². The normalized spacial score (nSPS) is 19.0. The lowest BCUT2D eigenvalue weighted by Gasteiger charge is -2.49. The van der Waals surface area contributed by atoms with Gasteiger partial charge in [-0.25, -0.2) is 0 Å². The molecule has 1 fully saturated rings. The van der Waals surface area contributed by atoms with Crippen LogP contribution in [0.1, 0.15) is 162 Å². The standard InChI is InChI=1S/C73H80BN3/c1-48(2)51-29-38-63-59(42-51)72(12)40-22-14-15-23-41-73(72,13)77(63)57-35-37-61-65(47-57)75(56-33-30-53(31-34-56)69(3,4)5)66-45-55(71(9,10)11)46-67-68(66)74(61)60-36-28-52(49-24-18-16-19-25-49)43-64(60)76(67)62-39-32-54(70(6,7)8)44-58(62)50-26-20-17-21-27-50/h16-21,24-39,42-48H,14-15,22-23,40-41H2,1-13H3. The second-order valence-corrected chi connectivity index (χ2v) is 27.1. The van der Waals surface area contributed by atoms with Crippen molar-refractivity contribution in [3.63, 3.8) is 0 Å². The van der Waals surface area contributed by atoms with Crippen LogP contribution in [0.5, 0.6) is 0 Å². The van der Waals surface area contributed by atoms with Crippen LogP contribution < -0.4 is 31.1 Å². The van der Waals surface area contributed by atoms with Crippen LogP contribution in [0, 0.1) is 0 Å². The molecule has 12 rings (SSSR count). The quantitative estimate of drug-likeness (QED) is 0.154. The molecular weight excluding hydrogens is 930 g/mol. The Morgan fingerprint density at radius 1 is 0.429 bits per heavy atom. The summed E-state index contributed by atoms with van der Waals surface area (Å²) < 4.78 is 0. The molecule has 0 radical (unpaired) electrons. The summed E-state index contributed by atoms with van der Waals surface area (Å²) in [5.41, 5.74) is 25.6. The monoisotopic (exact) mass is 1010 g/mol. The van der Waals surface area contributed by atoms with Crippen molar-refractivity contribution in [2.24, 2.45) is 0 Å². The first-order chi connectivity index (χ1) is 36.7. The third-order valence-electron chi connectivity index (χ3n) is 18.8. The molecule has 0 amide bonds. The largest absolute Gasteiger partial charge is 0.334 e. The maximum absolute atomic E-state index is 2.82. The van der Waals surface area contributed by atoms with Gasteiger partial charge in [-0.15, -0.1) is 0 Å². The lowest BCUT2D eigenvalue weighted by Crippen LogP contribution is -2.61. The summed E-state index contributed by atoms with van der Waals surface area (Å²) in [5, 5.41) is 0. The van der Waals surface area contributed by atoms with Crippen LogP contribution in [0.15, 0.2) is 170 Å². The second-order valence-electron chi connectivity index (χ2n) is 27.1. The van der Waals surface area contributed by atoms with Crippen LogP contribution >= 0.6 is 0 Å². The first kappa shape index (κ1) is 51.0. The van der Waals surface area contributed by atoms with E-state index in [9.17, 15) is 0 Å². The van der Waals surface area contributed by atoms with E-state index < -0.39 is 0 Å².